The number of pyridine rings is 1. The molecule has 0 bridgehead atoms. The summed E-state index contributed by atoms with van der Waals surface area (Å²) in [7, 11) is 3.46. The summed E-state index contributed by atoms with van der Waals surface area (Å²) in [6.45, 7) is 9.96. The van der Waals surface area contributed by atoms with Crippen LogP contribution in [0.25, 0.3) is 11.0 Å². The van der Waals surface area contributed by atoms with E-state index in [1.807, 2.05) is 41.7 Å². The lowest BCUT2D eigenvalue weighted by Gasteiger charge is -2.20. The summed E-state index contributed by atoms with van der Waals surface area (Å²) in [5, 5.41) is 8.26. The van der Waals surface area contributed by atoms with E-state index in [0.29, 0.717) is 18.7 Å². The number of aryl methyl sites for hydroxylation is 3. The van der Waals surface area contributed by atoms with Gasteiger partial charge < -0.3 is 10.1 Å². The zero-order valence-electron chi connectivity index (χ0n) is 15.1. The fourth-order valence-corrected chi connectivity index (χ4v) is 2.83. The minimum Gasteiger partial charge on any atom is -0.479 e. The first kappa shape index (κ1) is 17.2. The molecule has 0 unspecified atom stereocenters. The van der Waals surface area contributed by atoms with Crippen LogP contribution < -0.4 is 10.1 Å². The number of rotatable bonds is 4. The van der Waals surface area contributed by atoms with E-state index in [1.54, 1.807) is 11.8 Å². The Morgan fingerprint density at radius 1 is 1.30 bits per heavy atom. The predicted molar refractivity (Wildman–Crippen MR) is 90.8 cm³/mol. The Balaban J connectivity index is 2.32. The number of amides is 1. The Kier molecular flexibility index (Phi) is 4.63. The fraction of sp³-hybridized carbons (Fsp3) is 0.588. The second-order valence-corrected chi connectivity index (χ2v) is 6.93. The van der Waals surface area contributed by atoms with Gasteiger partial charge in [0.2, 0.25) is 11.8 Å². The van der Waals surface area contributed by atoms with Crippen LogP contribution in [0.3, 0.4) is 0 Å². The number of ether oxygens (including phenoxy) is 1. The van der Waals surface area contributed by atoms with Gasteiger partial charge in [0.1, 0.15) is 0 Å². The molecule has 0 aromatic carbocycles. The molecule has 0 aliphatic heterocycles. The Labute approximate surface area is 137 Å². The predicted octanol–water partition coefficient (Wildman–Crippen LogP) is 2.44. The van der Waals surface area contributed by atoms with Gasteiger partial charge in [0, 0.05) is 24.7 Å². The highest BCUT2D eigenvalue weighted by molar-refractivity contribution is 5.86. The van der Waals surface area contributed by atoms with Crippen LogP contribution in [0.4, 0.5) is 0 Å². The first-order valence-corrected chi connectivity index (χ1v) is 7.82. The van der Waals surface area contributed by atoms with Crippen LogP contribution in [0.2, 0.25) is 0 Å². The number of fused-ring (bicyclic) bond motifs is 1. The molecule has 0 spiro atoms. The molecule has 0 saturated heterocycles. The van der Waals surface area contributed by atoms with E-state index in [0.717, 1.165) is 27.9 Å². The van der Waals surface area contributed by atoms with Gasteiger partial charge >= 0.3 is 0 Å². The summed E-state index contributed by atoms with van der Waals surface area (Å²) in [4.78, 5) is 16.7. The number of hydrogen-bond acceptors (Lipinski definition) is 4. The molecule has 2 aromatic heterocycles. The molecule has 1 amide bonds. The molecule has 126 valence electrons. The van der Waals surface area contributed by atoms with E-state index in [9.17, 15) is 4.79 Å². The molecule has 0 aliphatic carbocycles. The molecule has 0 fully saturated rings. The van der Waals surface area contributed by atoms with Crippen molar-refractivity contribution in [3.05, 3.63) is 16.8 Å². The van der Waals surface area contributed by atoms with Crippen molar-refractivity contribution in [2.45, 2.75) is 53.0 Å². The molecule has 0 saturated carbocycles. The van der Waals surface area contributed by atoms with Crippen molar-refractivity contribution in [1.82, 2.24) is 20.1 Å². The number of methoxy groups -OCH3 is 1. The molecule has 0 atom stereocenters. The smallest absolute Gasteiger partial charge is 0.242 e. The van der Waals surface area contributed by atoms with Crippen LogP contribution in [-0.4, -0.2) is 33.3 Å². The largest absolute Gasteiger partial charge is 0.479 e. The van der Waals surface area contributed by atoms with E-state index < -0.39 is 0 Å². The lowest BCUT2D eigenvalue weighted by Crippen LogP contribution is -2.40. The van der Waals surface area contributed by atoms with Gasteiger partial charge in [-0.15, -0.1) is 5.10 Å². The Hall–Kier alpha value is -2.11. The number of aromatic nitrogens is 3. The molecular weight excluding hydrogens is 292 g/mol. The van der Waals surface area contributed by atoms with Crippen LogP contribution >= 0.6 is 0 Å². The van der Waals surface area contributed by atoms with Crippen molar-refractivity contribution in [2.75, 3.05) is 7.11 Å². The van der Waals surface area contributed by atoms with E-state index >= 15 is 0 Å². The lowest BCUT2D eigenvalue weighted by atomic mass is 9.99. The normalized spacial score (nSPS) is 11.8. The van der Waals surface area contributed by atoms with Gasteiger partial charge in [-0.25, -0.2) is 9.67 Å². The van der Waals surface area contributed by atoms with E-state index in [1.165, 1.54) is 0 Å². The second kappa shape index (κ2) is 6.18. The first-order chi connectivity index (χ1) is 10.6. The SMILES string of the molecule is COc1nn(C)c2nc(C)c(CCC(=O)NC(C)(C)C)c(C)c12. The Morgan fingerprint density at radius 2 is 1.96 bits per heavy atom. The highest BCUT2D eigenvalue weighted by Gasteiger charge is 2.19. The maximum absolute atomic E-state index is 12.1. The summed E-state index contributed by atoms with van der Waals surface area (Å²) in [5.74, 6) is 0.627. The van der Waals surface area contributed by atoms with Crippen LogP contribution in [-0.2, 0) is 18.3 Å². The van der Waals surface area contributed by atoms with Crippen molar-refractivity contribution in [1.29, 1.82) is 0 Å². The van der Waals surface area contributed by atoms with Crippen LogP contribution in [0, 0.1) is 13.8 Å². The third kappa shape index (κ3) is 3.63. The number of nitrogens with zero attached hydrogens (tertiary/aromatic N) is 3. The molecule has 6 heteroatoms. The van der Waals surface area contributed by atoms with Gasteiger partial charge in [0.05, 0.1) is 12.5 Å². The third-order valence-electron chi connectivity index (χ3n) is 3.83. The van der Waals surface area contributed by atoms with Crippen molar-refractivity contribution in [2.24, 2.45) is 7.05 Å². The average Bonchev–Trinajstić information content (AvgIpc) is 2.73. The van der Waals surface area contributed by atoms with Crippen LogP contribution in [0.5, 0.6) is 5.88 Å². The van der Waals surface area contributed by atoms with Gasteiger partial charge in [0.25, 0.3) is 0 Å². The van der Waals surface area contributed by atoms with E-state index in [4.69, 9.17) is 4.74 Å². The van der Waals surface area contributed by atoms with Crippen LogP contribution in [0.1, 0.15) is 44.0 Å². The molecule has 0 radical (unpaired) electrons. The lowest BCUT2D eigenvalue weighted by molar-refractivity contribution is -0.122. The molecular formula is C17H26N4O2. The van der Waals surface area contributed by atoms with Gasteiger partial charge in [-0.3, -0.25) is 4.79 Å². The third-order valence-corrected chi connectivity index (χ3v) is 3.83. The average molecular weight is 318 g/mol. The second-order valence-electron chi connectivity index (χ2n) is 6.93. The van der Waals surface area contributed by atoms with Gasteiger partial charge in [0.15, 0.2) is 5.65 Å². The number of hydrogen-bond donors (Lipinski definition) is 1. The first-order valence-electron chi connectivity index (χ1n) is 7.82. The zero-order valence-corrected chi connectivity index (χ0v) is 15.1. The summed E-state index contributed by atoms with van der Waals surface area (Å²) >= 11 is 0. The van der Waals surface area contributed by atoms with E-state index in [2.05, 4.69) is 15.4 Å². The molecule has 2 aromatic rings. The summed E-state index contributed by atoms with van der Waals surface area (Å²) in [5.41, 5.74) is 3.70. The fourth-order valence-electron chi connectivity index (χ4n) is 2.83. The van der Waals surface area contributed by atoms with Crippen LogP contribution in [0.15, 0.2) is 0 Å². The van der Waals surface area contributed by atoms with E-state index in [-0.39, 0.29) is 11.4 Å². The van der Waals surface area contributed by atoms with Gasteiger partial charge in [-0.05, 0) is 52.2 Å². The van der Waals surface area contributed by atoms with Crippen molar-refractivity contribution >= 4 is 16.9 Å². The quantitative estimate of drug-likeness (QED) is 0.940. The molecule has 2 rings (SSSR count). The summed E-state index contributed by atoms with van der Waals surface area (Å²) in [6.07, 6.45) is 1.09. The highest BCUT2D eigenvalue weighted by atomic mass is 16.5. The monoisotopic (exact) mass is 318 g/mol. The Bertz CT molecular complexity index is 741. The molecule has 0 aliphatic rings. The summed E-state index contributed by atoms with van der Waals surface area (Å²) in [6, 6.07) is 0. The van der Waals surface area contributed by atoms with Crippen molar-refractivity contribution < 1.29 is 9.53 Å². The number of nitrogens with one attached hydrogen (secondary N) is 1. The van der Waals surface area contributed by atoms with Crippen molar-refractivity contribution in [3.63, 3.8) is 0 Å². The van der Waals surface area contributed by atoms with Gasteiger partial charge in [-0.1, -0.05) is 0 Å². The standard InChI is InChI=1S/C17H26N4O2/c1-10-12(8-9-13(22)19-17(3,4)5)11(2)18-15-14(10)16(23-7)20-21(15)6/h8-9H2,1-7H3,(H,19,22). The van der Waals surface area contributed by atoms with Crippen molar-refractivity contribution in [3.8, 4) is 5.88 Å². The molecule has 1 N–H and O–H groups in total. The molecule has 2 heterocycles. The maximum atomic E-state index is 12.1. The van der Waals surface area contributed by atoms with Gasteiger partial charge in [-0.2, -0.15) is 0 Å². The minimum atomic E-state index is -0.212. The Morgan fingerprint density at radius 3 is 2.52 bits per heavy atom. The highest BCUT2D eigenvalue weighted by Crippen LogP contribution is 2.30. The summed E-state index contributed by atoms with van der Waals surface area (Å²) < 4.78 is 7.09. The molecule has 23 heavy (non-hydrogen) atoms. The topological polar surface area (TPSA) is 69.0 Å². The maximum Gasteiger partial charge on any atom is 0.242 e. The number of carbonyl (C=O) groups is 1. The number of carbonyl (C=O) groups excluding carboxylic acids is 1. The zero-order chi connectivity index (χ0) is 17.4. The minimum absolute atomic E-state index is 0.0505. The molecule has 6 nitrogen and oxygen atoms in total.